The molecular weight excluding hydrogens is 380 g/mol. The smallest absolute Gasteiger partial charge is 0.251 e. The second-order valence-corrected chi connectivity index (χ2v) is 6.78. The van der Waals surface area contributed by atoms with Crippen LogP contribution in [0.5, 0.6) is 11.5 Å². The maximum atomic E-state index is 11.8. The summed E-state index contributed by atoms with van der Waals surface area (Å²) in [4.78, 5) is 16.4. The average Bonchev–Trinajstić information content (AvgIpc) is 2.77. The molecule has 0 aromatic heterocycles. The summed E-state index contributed by atoms with van der Waals surface area (Å²) < 4.78 is 11.1. The van der Waals surface area contributed by atoms with Gasteiger partial charge in [0.15, 0.2) is 5.96 Å². The fourth-order valence-electron chi connectivity index (χ4n) is 2.84. The van der Waals surface area contributed by atoms with Crippen molar-refractivity contribution in [3.8, 4) is 11.5 Å². The number of carbonyl (C=O) groups is 1. The predicted octanol–water partition coefficient (Wildman–Crippen LogP) is 2.62. The van der Waals surface area contributed by atoms with Crippen LogP contribution in [0.3, 0.4) is 0 Å². The lowest BCUT2D eigenvalue weighted by Crippen LogP contribution is -2.39. The summed E-state index contributed by atoms with van der Waals surface area (Å²) in [6.45, 7) is 5.99. The van der Waals surface area contributed by atoms with E-state index in [1.54, 1.807) is 14.2 Å². The summed E-state index contributed by atoms with van der Waals surface area (Å²) in [7, 11) is 3.27. The van der Waals surface area contributed by atoms with Crippen molar-refractivity contribution in [1.29, 1.82) is 0 Å². The molecule has 2 aromatic rings. The number of methoxy groups -OCH3 is 1. The van der Waals surface area contributed by atoms with Crippen LogP contribution in [-0.4, -0.2) is 51.8 Å². The van der Waals surface area contributed by atoms with Gasteiger partial charge in [-0.25, -0.2) is 4.99 Å². The van der Waals surface area contributed by atoms with E-state index in [4.69, 9.17) is 9.47 Å². The molecule has 1 atom stereocenters. The minimum atomic E-state index is -0.0863. The van der Waals surface area contributed by atoms with Crippen LogP contribution in [0.2, 0.25) is 0 Å². The van der Waals surface area contributed by atoms with E-state index in [-0.39, 0.29) is 12.0 Å². The number of ether oxygens (including phenoxy) is 2. The number of carbonyl (C=O) groups excluding carboxylic acids is 1. The van der Waals surface area contributed by atoms with Crippen molar-refractivity contribution in [2.75, 3.05) is 33.8 Å². The van der Waals surface area contributed by atoms with Gasteiger partial charge in [0.05, 0.1) is 13.7 Å². The Morgan fingerprint density at radius 2 is 1.87 bits per heavy atom. The van der Waals surface area contributed by atoms with Crippen molar-refractivity contribution in [2.45, 2.75) is 26.4 Å². The lowest BCUT2D eigenvalue weighted by molar-refractivity contribution is 0.0963. The maximum absolute atomic E-state index is 11.8. The second-order valence-electron chi connectivity index (χ2n) is 6.78. The summed E-state index contributed by atoms with van der Waals surface area (Å²) in [5.74, 6) is 2.18. The highest BCUT2D eigenvalue weighted by molar-refractivity contribution is 5.94. The van der Waals surface area contributed by atoms with Gasteiger partial charge < -0.3 is 25.4 Å². The molecule has 0 fully saturated rings. The molecular formula is C23H32N4O3. The van der Waals surface area contributed by atoms with E-state index in [1.165, 1.54) is 0 Å². The van der Waals surface area contributed by atoms with E-state index in [9.17, 15) is 4.79 Å². The van der Waals surface area contributed by atoms with Gasteiger partial charge in [0, 0.05) is 31.8 Å². The quantitative estimate of drug-likeness (QED) is 0.413. The molecule has 2 aromatic carbocycles. The molecule has 1 amide bonds. The number of rotatable bonds is 10. The van der Waals surface area contributed by atoms with E-state index in [0.29, 0.717) is 18.7 Å². The predicted molar refractivity (Wildman–Crippen MR) is 121 cm³/mol. The van der Waals surface area contributed by atoms with E-state index >= 15 is 0 Å². The van der Waals surface area contributed by atoms with Gasteiger partial charge >= 0.3 is 0 Å². The third-order valence-electron chi connectivity index (χ3n) is 4.35. The standard InChI is InChI=1S/C23H32N4O3/c1-5-25-23(26-13-12-18-8-6-9-19(14-18)22(28)24-3)27-16-17(2)30-21-11-7-10-20(15-21)29-4/h6-11,14-15,17H,5,12-13,16H2,1-4H3,(H,24,28)(H2,25,26,27). The molecule has 7 heteroatoms. The molecule has 162 valence electrons. The summed E-state index contributed by atoms with van der Waals surface area (Å²) in [5, 5.41) is 9.22. The highest BCUT2D eigenvalue weighted by Gasteiger charge is 2.07. The Morgan fingerprint density at radius 3 is 2.60 bits per heavy atom. The molecule has 0 aliphatic heterocycles. The number of benzene rings is 2. The van der Waals surface area contributed by atoms with Crippen LogP contribution in [0.1, 0.15) is 29.8 Å². The van der Waals surface area contributed by atoms with Crippen LogP contribution in [0.15, 0.2) is 53.5 Å². The van der Waals surface area contributed by atoms with Crippen LogP contribution in [0, 0.1) is 0 Å². The first-order valence-electron chi connectivity index (χ1n) is 10.2. The molecule has 0 saturated carbocycles. The van der Waals surface area contributed by atoms with Crippen molar-refractivity contribution >= 4 is 11.9 Å². The van der Waals surface area contributed by atoms with Crippen LogP contribution >= 0.6 is 0 Å². The van der Waals surface area contributed by atoms with Gasteiger partial charge in [-0.3, -0.25) is 4.79 Å². The van der Waals surface area contributed by atoms with E-state index in [0.717, 1.165) is 36.0 Å². The molecule has 1 unspecified atom stereocenters. The van der Waals surface area contributed by atoms with Gasteiger partial charge in [0.1, 0.15) is 17.6 Å². The van der Waals surface area contributed by atoms with Gasteiger partial charge in [-0.15, -0.1) is 0 Å². The van der Waals surface area contributed by atoms with Crippen molar-refractivity contribution in [3.05, 3.63) is 59.7 Å². The molecule has 0 bridgehead atoms. The van der Waals surface area contributed by atoms with Gasteiger partial charge in [-0.05, 0) is 50.1 Å². The third-order valence-corrected chi connectivity index (χ3v) is 4.35. The molecule has 0 saturated heterocycles. The SMILES string of the molecule is CCNC(=NCC(C)Oc1cccc(OC)c1)NCCc1cccc(C(=O)NC)c1. The second kappa shape index (κ2) is 12.4. The van der Waals surface area contributed by atoms with Crippen molar-refractivity contribution in [2.24, 2.45) is 4.99 Å². The van der Waals surface area contributed by atoms with Crippen molar-refractivity contribution in [3.63, 3.8) is 0 Å². The largest absolute Gasteiger partial charge is 0.497 e. The average molecular weight is 413 g/mol. The van der Waals surface area contributed by atoms with Crippen molar-refractivity contribution < 1.29 is 14.3 Å². The molecule has 30 heavy (non-hydrogen) atoms. The minimum absolute atomic E-state index is 0.0790. The van der Waals surface area contributed by atoms with Gasteiger partial charge in [0.25, 0.3) is 5.91 Å². The Morgan fingerprint density at radius 1 is 1.10 bits per heavy atom. The van der Waals surface area contributed by atoms with E-state index in [1.807, 2.05) is 62.4 Å². The fourth-order valence-corrected chi connectivity index (χ4v) is 2.84. The topological polar surface area (TPSA) is 84.0 Å². The molecule has 7 nitrogen and oxygen atoms in total. The molecule has 0 heterocycles. The monoisotopic (exact) mass is 412 g/mol. The Bertz CT molecular complexity index is 839. The third kappa shape index (κ3) is 7.66. The van der Waals surface area contributed by atoms with Gasteiger partial charge in [0.2, 0.25) is 0 Å². The number of aliphatic imine (C=N–C) groups is 1. The Hall–Kier alpha value is -3.22. The summed E-state index contributed by atoms with van der Waals surface area (Å²) in [5.41, 5.74) is 1.76. The molecule has 3 N–H and O–H groups in total. The van der Waals surface area contributed by atoms with Crippen LogP contribution in [0.4, 0.5) is 0 Å². The first kappa shape index (κ1) is 23.1. The first-order valence-corrected chi connectivity index (χ1v) is 10.2. The molecule has 0 spiro atoms. The fraction of sp³-hybridized carbons (Fsp3) is 0.391. The minimum Gasteiger partial charge on any atom is -0.497 e. The van der Waals surface area contributed by atoms with Crippen LogP contribution in [-0.2, 0) is 6.42 Å². The van der Waals surface area contributed by atoms with Crippen LogP contribution < -0.4 is 25.4 Å². The molecule has 2 rings (SSSR count). The van der Waals surface area contributed by atoms with Gasteiger partial charge in [-0.2, -0.15) is 0 Å². The lowest BCUT2D eigenvalue weighted by Gasteiger charge is -2.15. The zero-order valence-corrected chi connectivity index (χ0v) is 18.2. The Labute approximate surface area is 178 Å². The lowest BCUT2D eigenvalue weighted by atomic mass is 10.1. The number of nitrogens with one attached hydrogen (secondary N) is 3. The summed E-state index contributed by atoms with van der Waals surface area (Å²) in [6, 6.07) is 15.2. The number of nitrogens with zero attached hydrogens (tertiary/aromatic N) is 1. The van der Waals surface area contributed by atoms with Crippen LogP contribution in [0.25, 0.3) is 0 Å². The normalized spacial score (nSPS) is 12.1. The number of guanidine groups is 1. The number of hydrogen-bond donors (Lipinski definition) is 3. The van der Waals surface area contributed by atoms with E-state index in [2.05, 4.69) is 20.9 Å². The molecule has 0 radical (unpaired) electrons. The van der Waals surface area contributed by atoms with E-state index < -0.39 is 0 Å². The van der Waals surface area contributed by atoms with Crippen molar-refractivity contribution in [1.82, 2.24) is 16.0 Å². The highest BCUT2D eigenvalue weighted by atomic mass is 16.5. The summed E-state index contributed by atoms with van der Waals surface area (Å²) in [6.07, 6.45) is 0.697. The Kier molecular flexibility index (Phi) is 9.51. The number of amides is 1. The molecule has 0 aliphatic carbocycles. The zero-order valence-electron chi connectivity index (χ0n) is 18.2. The highest BCUT2D eigenvalue weighted by Crippen LogP contribution is 2.19. The number of hydrogen-bond acceptors (Lipinski definition) is 4. The van der Waals surface area contributed by atoms with Gasteiger partial charge in [-0.1, -0.05) is 18.2 Å². The summed E-state index contributed by atoms with van der Waals surface area (Å²) >= 11 is 0. The first-order chi connectivity index (χ1) is 14.5. The zero-order chi connectivity index (χ0) is 21.8. The maximum Gasteiger partial charge on any atom is 0.251 e. The molecule has 0 aliphatic rings. The Balaban J connectivity index is 1.87.